The molecule has 0 spiro atoms. The summed E-state index contributed by atoms with van der Waals surface area (Å²) in [6.45, 7) is 4.64. The highest BCUT2D eigenvalue weighted by atomic mass is 35.5. The zero-order valence-electron chi connectivity index (χ0n) is 21.7. The average Bonchev–Trinajstić information content (AvgIpc) is 2.89. The number of hydrogen-bond donors (Lipinski definition) is 1. The van der Waals surface area contributed by atoms with E-state index in [1.54, 1.807) is 24.3 Å². The van der Waals surface area contributed by atoms with E-state index in [1.165, 1.54) is 38.5 Å². The number of benzene rings is 2. The Morgan fingerprint density at radius 3 is 2.18 bits per heavy atom. The third-order valence-corrected chi connectivity index (χ3v) is 10.4. The molecule has 1 aliphatic heterocycles. The SMILES string of the molecule is C[C@H](Nc1cc(N2CCN(C(=O)c3ccc(Cl)c(Cl)c3)CC2)ccc1[N+](=O)[O-])C12CC3CC(CC(C3)C1)C2. The second kappa shape index (κ2) is 9.91. The van der Waals surface area contributed by atoms with Gasteiger partial charge in [0.25, 0.3) is 11.6 Å². The van der Waals surface area contributed by atoms with E-state index >= 15 is 0 Å². The Hall–Kier alpha value is -2.51. The van der Waals surface area contributed by atoms with Crippen LogP contribution in [0.3, 0.4) is 0 Å². The van der Waals surface area contributed by atoms with Gasteiger partial charge in [0.05, 0.1) is 15.0 Å². The van der Waals surface area contributed by atoms with Gasteiger partial charge in [-0.3, -0.25) is 14.9 Å². The van der Waals surface area contributed by atoms with Crippen molar-refractivity contribution in [1.82, 2.24) is 4.90 Å². The molecule has 1 amide bonds. The smallest absolute Gasteiger partial charge is 0.292 e. The summed E-state index contributed by atoms with van der Waals surface area (Å²) in [4.78, 5) is 28.6. The van der Waals surface area contributed by atoms with E-state index in [9.17, 15) is 14.9 Å². The fourth-order valence-electron chi connectivity index (χ4n) is 8.07. The Balaban J connectivity index is 1.16. The van der Waals surface area contributed by atoms with Gasteiger partial charge in [0.2, 0.25) is 0 Å². The molecule has 2 aromatic rings. The Bertz CT molecular complexity index is 1230. The molecule has 0 radical (unpaired) electrons. The molecule has 202 valence electrons. The van der Waals surface area contributed by atoms with Crippen molar-refractivity contribution in [2.45, 2.75) is 51.5 Å². The van der Waals surface area contributed by atoms with Gasteiger partial charge in [-0.2, -0.15) is 0 Å². The first-order valence-corrected chi connectivity index (χ1v) is 14.5. The summed E-state index contributed by atoms with van der Waals surface area (Å²) >= 11 is 12.1. The van der Waals surface area contributed by atoms with Crippen LogP contribution in [0, 0.1) is 33.3 Å². The van der Waals surface area contributed by atoms with Gasteiger partial charge in [0.15, 0.2) is 0 Å². The van der Waals surface area contributed by atoms with Crippen LogP contribution in [0.4, 0.5) is 17.1 Å². The van der Waals surface area contributed by atoms with Gasteiger partial charge in [-0.1, -0.05) is 23.2 Å². The number of nitrogens with one attached hydrogen (secondary N) is 1. The van der Waals surface area contributed by atoms with E-state index in [2.05, 4.69) is 17.1 Å². The fraction of sp³-hybridized carbons (Fsp3) is 0.552. The number of hydrogen-bond acceptors (Lipinski definition) is 5. The molecule has 4 saturated carbocycles. The molecule has 0 unspecified atom stereocenters. The maximum absolute atomic E-state index is 13.0. The highest BCUT2D eigenvalue weighted by molar-refractivity contribution is 6.42. The number of rotatable bonds is 6. The van der Waals surface area contributed by atoms with E-state index < -0.39 is 0 Å². The van der Waals surface area contributed by atoms with Crippen molar-refractivity contribution < 1.29 is 9.72 Å². The number of anilines is 2. The van der Waals surface area contributed by atoms with Gasteiger partial charge in [0, 0.05) is 49.5 Å². The predicted molar refractivity (Wildman–Crippen MR) is 151 cm³/mol. The summed E-state index contributed by atoms with van der Waals surface area (Å²) in [5.74, 6) is 2.41. The molecule has 9 heteroatoms. The lowest BCUT2D eigenvalue weighted by molar-refractivity contribution is -0.384. The Labute approximate surface area is 233 Å². The largest absolute Gasteiger partial charge is 0.376 e. The van der Waals surface area contributed by atoms with Crippen LogP contribution in [0.1, 0.15) is 55.8 Å². The minimum atomic E-state index is -0.285. The van der Waals surface area contributed by atoms with E-state index in [1.807, 2.05) is 17.0 Å². The fourth-order valence-corrected chi connectivity index (χ4v) is 8.37. The van der Waals surface area contributed by atoms with Crippen molar-refractivity contribution in [2.24, 2.45) is 23.2 Å². The van der Waals surface area contributed by atoms with Crippen molar-refractivity contribution in [2.75, 3.05) is 36.4 Å². The Kier molecular flexibility index (Phi) is 6.71. The second-order valence-corrected chi connectivity index (χ2v) is 12.8. The summed E-state index contributed by atoms with van der Waals surface area (Å²) < 4.78 is 0. The van der Waals surface area contributed by atoms with Crippen molar-refractivity contribution in [3.63, 3.8) is 0 Å². The van der Waals surface area contributed by atoms with Gasteiger partial charge in [0.1, 0.15) is 5.69 Å². The van der Waals surface area contributed by atoms with Crippen molar-refractivity contribution >= 4 is 46.2 Å². The summed E-state index contributed by atoms with van der Waals surface area (Å²) in [5.41, 5.74) is 2.43. The number of nitro groups is 1. The predicted octanol–water partition coefficient (Wildman–Crippen LogP) is 6.88. The van der Waals surface area contributed by atoms with Crippen LogP contribution in [0.5, 0.6) is 0 Å². The summed E-state index contributed by atoms with van der Waals surface area (Å²) in [6.07, 6.45) is 7.86. The molecule has 1 saturated heterocycles. The highest BCUT2D eigenvalue weighted by Crippen LogP contribution is 2.61. The molecule has 38 heavy (non-hydrogen) atoms. The first-order chi connectivity index (χ1) is 18.2. The Morgan fingerprint density at radius 1 is 0.974 bits per heavy atom. The van der Waals surface area contributed by atoms with E-state index in [0.29, 0.717) is 47.5 Å². The molecule has 0 aromatic heterocycles. The molecule has 7 rings (SSSR count). The first kappa shape index (κ1) is 25.8. The summed E-state index contributed by atoms with van der Waals surface area (Å²) in [6, 6.07) is 10.5. The minimum absolute atomic E-state index is 0.0707. The third kappa shape index (κ3) is 4.73. The summed E-state index contributed by atoms with van der Waals surface area (Å²) in [5, 5.41) is 16.3. The van der Waals surface area contributed by atoms with E-state index in [4.69, 9.17) is 23.2 Å². The normalized spacial score (nSPS) is 28.9. The quantitative estimate of drug-likeness (QED) is 0.310. The zero-order valence-corrected chi connectivity index (χ0v) is 23.2. The standard InChI is InChI=1S/C29H34Cl2N4O3/c1-18(29-15-19-10-20(16-29)12-21(11-19)17-29)32-26-14-23(3-5-27(26)35(37)38)33-6-8-34(9-7-33)28(36)22-2-4-24(30)25(31)13-22/h2-5,13-14,18-21,32H,6-12,15-17H2,1H3/t18-,19?,20?,21?,29?/m0/s1. The van der Waals surface area contributed by atoms with Crippen molar-refractivity contribution in [1.29, 1.82) is 0 Å². The maximum Gasteiger partial charge on any atom is 0.292 e. The van der Waals surface area contributed by atoms with Crippen molar-refractivity contribution in [3.05, 3.63) is 62.1 Å². The van der Waals surface area contributed by atoms with Crippen LogP contribution < -0.4 is 10.2 Å². The average molecular weight is 558 g/mol. The summed E-state index contributed by atoms with van der Waals surface area (Å²) in [7, 11) is 0. The highest BCUT2D eigenvalue weighted by Gasteiger charge is 2.53. The van der Waals surface area contributed by atoms with Gasteiger partial charge < -0.3 is 15.1 Å². The van der Waals surface area contributed by atoms with Crippen LogP contribution >= 0.6 is 23.2 Å². The molecular formula is C29H34Cl2N4O3. The minimum Gasteiger partial charge on any atom is -0.376 e. The lowest BCUT2D eigenvalue weighted by Crippen LogP contribution is -2.53. The van der Waals surface area contributed by atoms with Gasteiger partial charge in [-0.05, 0) is 98.9 Å². The van der Waals surface area contributed by atoms with Gasteiger partial charge in [-0.25, -0.2) is 0 Å². The lowest BCUT2D eigenvalue weighted by Gasteiger charge is -2.59. The number of nitrogens with zero attached hydrogens (tertiary/aromatic N) is 3. The molecule has 1 N–H and O–H groups in total. The van der Waals surface area contributed by atoms with Gasteiger partial charge in [-0.15, -0.1) is 0 Å². The molecule has 4 aliphatic carbocycles. The molecule has 5 fully saturated rings. The molecular weight excluding hydrogens is 523 g/mol. The molecule has 1 heterocycles. The number of halogens is 2. The van der Waals surface area contributed by atoms with Crippen LogP contribution in [0.15, 0.2) is 36.4 Å². The van der Waals surface area contributed by atoms with Crippen molar-refractivity contribution in [3.8, 4) is 0 Å². The number of carbonyl (C=O) groups excluding carboxylic acids is 1. The maximum atomic E-state index is 13.0. The van der Waals surface area contributed by atoms with E-state index in [0.717, 1.165) is 23.4 Å². The van der Waals surface area contributed by atoms with Crippen LogP contribution in [-0.2, 0) is 0 Å². The number of nitro benzene ring substituents is 1. The monoisotopic (exact) mass is 556 g/mol. The first-order valence-electron chi connectivity index (χ1n) is 13.7. The molecule has 1 atom stereocenters. The van der Waals surface area contributed by atoms with Crippen LogP contribution in [-0.4, -0.2) is 48.0 Å². The lowest BCUT2D eigenvalue weighted by atomic mass is 9.48. The Morgan fingerprint density at radius 2 is 1.61 bits per heavy atom. The topological polar surface area (TPSA) is 78.7 Å². The zero-order chi connectivity index (χ0) is 26.6. The van der Waals surface area contributed by atoms with E-state index in [-0.39, 0.29) is 28.0 Å². The van der Waals surface area contributed by atoms with Crippen LogP contribution in [0.2, 0.25) is 10.0 Å². The molecule has 2 aromatic carbocycles. The third-order valence-electron chi connectivity index (χ3n) is 9.65. The molecule has 7 nitrogen and oxygen atoms in total. The van der Waals surface area contributed by atoms with Crippen LogP contribution in [0.25, 0.3) is 0 Å². The number of piperazine rings is 1. The second-order valence-electron chi connectivity index (χ2n) is 12.0. The molecule has 5 aliphatic rings. The molecule has 4 bridgehead atoms. The number of amides is 1. The number of carbonyl (C=O) groups is 1. The van der Waals surface area contributed by atoms with Gasteiger partial charge >= 0.3 is 0 Å².